The molecule has 0 aliphatic rings. The zero-order valence-corrected chi connectivity index (χ0v) is 17.1. The summed E-state index contributed by atoms with van der Waals surface area (Å²) in [6, 6.07) is 4.76. The van der Waals surface area contributed by atoms with Crippen molar-refractivity contribution in [3.8, 4) is 11.6 Å². The van der Waals surface area contributed by atoms with Gasteiger partial charge < -0.3 is 14.4 Å². The average Bonchev–Trinajstić information content (AvgIpc) is 2.67. The first-order valence-corrected chi connectivity index (χ1v) is 9.72. The van der Waals surface area contributed by atoms with Gasteiger partial charge in [0.25, 0.3) is 10.0 Å². The lowest BCUT2D eigenvalue weighted by molar-refractivity contribution is -0.128. The summed E-state index contributed by atoms with van der Waals surface area (Å²) in [6.07, 6.45) is 1.07. The molecule has 0 saturated heterocycles. The lowest BCUT2D eigenvalue weighted by Gasteiger charge is -2.13. The molecule has 0 fully saturated rings. The van der Waals surface area contributed by atoms with Crippen molar-refractivity contribution in [2.45, 2.75) is 11.4 Å². The zero-order valence-electron chi connectivity index (χ0n) is 16.3. The van der Waals surface area contributed by atoms with Gasteiger partial charge in [-0.15, -0.1) is 0 Å². The Balaban J connectivity index is 2.22. The van der Waals surface area contributed by atoms with Crippen molar-refractivity contribution < 1.29 is 27.5 Å². The van der Waals surface area contributed by atoms with E-state index < -0.39 is 21.1 Å². The summed E-state index contributed by atoms with van der Waals surface area (Å²) in [6.45, 7) is 0. The van der Waals surface area contributed by atoms with Crippen molar-refractivity contribution in [2.24, 2.45) is 0 Å². The van der Waals surface area contributed by atoms with Gasteiger partial charge in [-0.2, -0.15) is 13.4 Å². The summed E-state index contributed by atoms with van der Waals surface area (Å²) >= 11 is 0. The summed E-state index contributed by atoms with van der Waals surface area (Å²) in [4.78, 5) is 33.3. The maximum Gasteiger partial charge on any atom is 0.334 e. The van der Waals surface area contributed by atoms with Crippen LogP contribution in [0.4, 0.5) is 10.6 Å². The smallest absolute Gasteiger partial charge is 0.334 e. The largest absolute Gasteiger partial charge is 0.496 e. The van der Waals surface area contributed by atoms with Gasteiger partial charge in [0, 0.05) is 38.0 Å². The number of sulfonamides is 1. The van der Waals surface area contributed by atoms with Crippen molar-refractivity contribution in [1.82, 2.24) is 19.6 Å². The van der Waals surface area contributed by atoms with Crippen LogP contribution in [0.1, 0.15) is 5.56 Å². The first-order chi connectivity index (χ1) is 13.7. The third-order valence-corrected chi connectivity index (χ3v) is 4.96. The van der Waals surface area contributed by atoms with E-state index in [2.05, 4.69) is 15.3 Å². The number of nitrogens with one attached hydrogen (secondary N) is 2. The van der Waals surface area contributed by atoms with Gasteiger partial charge in [0.15, 0.2) is 5.03 Å². The second kappa shape index (κ2) is 9.19. The minimum absolute atomic E-state index is 0.0120. The van der Waals surface area contributed by atoms with E-state index in [9.17, 15) is 18.0 Å². The molecule has 2 aromatic rings. The number of urea groups is 1. The molecule has 29 heavy (non-hydrogen) atoms. The number of carbonyl (C=O) groups is 2. The number of amides is 3. The zero-order chi connectivity index (χ0) is 21.6. The first-order valence-electron chi connectivity index (χ1n) is 8.24. The van der Waals surface area contributed by atoms with Gasteiger partial charge in [-0.25, -0.2) is 14.5 Å². The predicted octanol–water partition coefficient (Wildman–Crippen LogP) is 0.635. The second-order valence-electron chi connectivity index (χ2n) is 5.93. The number of carbonyl (C=O) groups excluding carboxylic acids is 2. The van der Waals surface area contributed by atoms with Gasteiger partial charge in [-0.1, -0.05) is 6.07 Å². The number of rotatable bonds is 7. The average molecular weight is 423 g/mol. The SMILES string of the molecule is COc1cc(NC(=O)NS(=O)(=O)c2ncccc2CC(=O)N(C)C)nc(OC)c1. The molecule has 2 heterocycles. The van der Waals surface area contributed by atoms with Gasteiger partial charge in [0.2, 0.25) is 11.8 Å². The van der Waals surface area contributed by atoms with Crippen LogP contribution in [0.5, 0.6) is 11.6 Å². The lowest BCUT2D eigenvalue weighted by Crippen LogP contribution is -2.36. The molecule has 3 amide bonds. The van der Waals surface area contributed by atoms with Crippen molar-refractivity contribution in [3.05, 3.63) is 36.0 Å². The van der Waals surface area contributed by atoms with E-state index in [0.717, 1.165) is 0 Å². The topological polar surface area (TPSA) is 140 Å². The highest BCUT2D eigenvalue weighted by molar-refractivity contribution is 7.90. The van der Waals surface area contributed by atoms with E-state index >= 15 is 0 Å². The molecule has 11 nitrogen and oxygen atoms in total. The van der Waals surface area contributed by atoms with Crippen LogP contribution in [0, 0.1) is 0 Å². The van der Waals surface area contributed by atoms with Gasteiger partial charge in [0.1, 0.15) is 11.6 Å². The molecule has 0 aromatic carbocycles. The van der Waals surface area contributed by atoms with Gasteiger partial charge in [0.05, 0.1) is 20.6 Å². The number of aromatic nitrogens is 2. The van der Waals surface area contributed by atoms with Crippen LogP contribution in [0.2, 0.25) is 0 Å². The number of ether oxygens (including phenoxy) is 2. The van der Waals surface area contributed by atoms with Crippen molar-refractivity contribution in [3.63, 3.8) is 0 Å². The van der Waals surface area contributed by atoms with Crippen LogP contribution in [-0.2, 0) is 21.2 Å². The molecule has 12 heteroatoms. The van der Waals surface area contributed by atoms with E-state index in [4.69, 9.17) is 9.47 Å². The summed E-state index contributed by atoms with van der Waals surface area (Å²) < 4.78 is 37.2. The maximum absolute atomic E-state index is 12.6. The Morgan fingerprint density at radius 1 is 1.17 bits per heavy atom. The number of likely N-dealkylation sites (N-methyl/N-ethyl adjacent to an activating group) is 1. The molecule has 2 aromatic heterocycles. The second-order valence-corrected chi connectivity index (χ2v) is 7.52. The van der Waals surface area contributed by atoms with E-state index in [1.807, 2.05) is 4.72 Å². The predicted molar refractivity (Wildman–Crippen MR) is 103 cm³/mol. The fourth-order valence-electron chi connectivity index (χ4n) is 2.20. The Morgan fingerprint density at radius 2 is 1.90 bits per heavy atom. The normalized spacial score (nSPS) is 10.8. The third kappa shape index (κ3) is 5.78. The molecule has 0 saturated carbocycles. The lowest BCUT2D eigenvalue weighted by atomic mass is 10.2. The van der Waals surface area contributed by atoms with E-state index in [-0.39, 0.29) is 29.6 Å². The van der Waals surface area contributed by atoms with Crippen LogP contribution in [0.15, 0.2) is 35.5 Å². The van der Waals surface area contributed by atoms with Crippen LogP contribution >= 0.6 is 0 Å². The molecule has 0 aliphatic carbocycles. The van der Waals surface area contributed by atoms with Crippen LogP contribution < -0.4 is 19.5 Å². The minimum atomic E-state index is -4.35. The number of pyridine rings is 2. The standard InChI is InChI=1S/C17H21N5O6S/c1-22(2)15(23)8-11-6-5-7-18-16(11)29(25,26)21-17(24)20-13-9-12(27-3)10-14(19-13)28-4/h5-7,9-10H,8H2,1-4H3,(H2,19,20,21,24). The molecular formula is C17H21N5O6S. The Hall–Kier alpha value is -3.41. The first kappa shape index (κ1) is 21.9. The van der Waals surface area contributed by atoms with E-state index in [1.165, 1.54) is 49.6 Å². The van der Waals surface area contributed by atoms with Crippen molar-refractivity contribution in [1.29, 1.82) is 0 Å². The monoisotopic (exact) mass is 423 g/mol. The summed E-state index contributed by atoms with van der Waals surface area (Å²) in [5, 5.41) is 1.88. The maximum atomic E-state index is 12.6. The fraction of sp³-hybridized carbons (Fsp3) is 0.294. The fourth-order valence-corrected chi connectivity index (χ4v) is 3.28. The molecule has 0 unspecified atom stereocenters. The molecule has 2 N–H and O–H groups in total. The minimum Gasteiger partial charge on any atom is -0.496 e. The summed E-state index contributed by atoms with van der Waals surface area (Å²) in [5.41, 5.74) is 0.160. The molecule has 156 valence electrons. The highest BCUT2D eigenvalue weighted by Crippen LogP contribution is 2.22. The highest BCUT2D eigenvalue weighted by atomic mass is 32.2. The quantitative estimate of drug-likeness (QED) is 0.661. The van der Waals surface area contributed by atoms with Crippen LogP contribution in [0.25, 0.3) is 0 Å². The molecule has 0 atom stereocenters. The number of hydrogen-bond donors (Lipinski definition) is 2. The molecule has 0 aliphatic heterocycles. The van der Waals surface area contributed by atoms with Gasteiger partial charge >= 0.3 is 6.03 Å². The number of hydrogen-bond acceptors (Lipinski definition) is 8. The van der Waals surface area contributed by atoms with Gasteiger partial charge in [-0.05, 0) is 6.07 Å². The molecule has 0 bridgehead atoms. The van der Waals surface area contributed by atoms with Crippen molar-refractivity contribution in [2.75, 3.05) is 33.6 Å². The Bertz CT molecular complexity index is 987. The Morgan fingerprint density at radius 3 is 2.52 bits per heavy atom. The third-order valence-electron chi connectivity index (χ3n) is 3.63. The molecule has 0 radical (unpaired) electrons. The Labute approximate surface area is 168 Å². The Kier molecular flexibility index (Phi) is 6.93. The van der Waals surface area contributed by atoms with E-state index in [0.29, 0.717) is 5.75 Å². The van der Waals surface area contributed by atoms with Crippen LogP contribution in [-0.4, -0.2) is 63.5 Å². The summed E-state index contributed by atoms with van der Waals surface area (Å²) in [7, 11) is 1.55. The molecule has 0 spiro atoms. The number of anilines is 1. The molecule has 2 rings (SSSR count). The molecular weight excluding hydrogens is 402 g/mol. The van der Waals surface area contributed by atoms with Crippen molar-refractivity contribution >= 4 is 27.8 Å². The summed E-state index contributed by atoms with van der Waals surface area (Å²) in [5.74, 6) is 0.213. The number of methoxy groups -OCH3 is 2. The van der Waals surface area contributed by atoms with Crippen LogP contribution in [0.3, 0.4) is 0 Å². The van der Waals surface area contributed by atoms with E-state index in [1.54, 1.807) is 14.1 Å². The highest BCUT2D eigenvalue weighted by Gasteiger charge is 2.24. The van der Waals surface area contributed by atoms with Gasteiger partial charge in [-0.3, -0.25) is 10.1 Å². The number of nitrogens with zero attached hydrogens (tertiary/aromatic N) is 3.